The molecule has 27 heavy (non-hydrogen) atoms. The fourth-order valence-electron chi connectivity index (χ4n) is 3.31. The van der Waals surface area contributed by atoms with Crippen LogP contribution in [0.2, 0.25) is 10.0 Å². The van der Waals surface area contributed by atoms with Gasteiger partial charge in [-0.05, 0) is 47.2 Å². The normalized spacial score (nSPS) is 19.1. The summed E-state index contributed by atoms with van der Waals surface area (Å²) in [5.74, 6) is 0.802. The Hall–Kier alpha value is -1.99. The van der Waals surface area contributed by atoms with Gasteiger partial charge in [0, 0.05) is 13.1 Å². The van der Waals surface area contributed by atoms with Crippen LogP contribution in [-0.2, 0) is 4.74 Å². The topological polar surface area (TPSA) is 56.1 Å². The lowest BCUT2D eigenvalue weighted by molar-refractivity contribution is -0.0444. The second-order valence-corrected chi connectivity index (χ2v) is 7.30. The maximum Gasteiger partial charge on any atom is 0.173 e. The third-order valence-electron chi connectivity index (χ3n) is 4.83. The van der Waals surface area contributed by atoms with Crippen molar-refractivity contribution in [3.8, 4) is 5.69 Å². The number of tetrazole rings is 1. The second kappa shape index (κ2) is 7.94. The van der Waals surface area contributed by atoms with E-state index in [0.717, 1.165) is 30.2 Å². The highest BCUT2D eigenvalue weighted by molar-refractivity contribution is 6.42. The number of benzene rings is 2. The van der Waals surface area contributed by atoms with Crippen molar-refractivity contribution < 1.29 is 4.74 Å². The molecular formula is C19H19Cl2N5O. The first-order valence-corrected chi connectivity index (χ1v) is 9.53. The number of halogens is 2. The molecule has 140 valence electrons. The lowest BCUT2D eigenvalue weighted by Crippen LogP contribution is -2.40. The predicted octanol–water partition coefficient (Wildman–Crippen LogP) is 4.10. The average molecular weight is 404 g/mol. The molecule has 1 aliphatic rings. The van der Waals surface area contributed by atoms with E-state index in [0.29, 0.717) is 16.7 Å². The van der Waals surface area contributed by atoms with Gasteiger partial charge in [0.25, 0.3) is 0 Å². The van der Waals surface area contributed by atoms with E-state index in [1.807, 2.05) is 42.5 Å². The van der Waals surface area contributed by atoms with Crippen LogP contribution in [0.3, 0.4) is 0 Å². The fourth-order valence-corrected chi connectivity index (χ4v) is 3.61. The molecule has 2 aromatic carbocycles. The largest absolute Gasteiger partial charge is 0.371 e. The summed E-state index contributed by atoms with van der Waals surface area (Å²) in [5.41, 5.74) is 1.96. The van der Waals surface area contributed by atoms with Gasteiger partial charge in [-0.2, -0.15) is 4.68 Å². The molecule has 0 spiro atoms. The van der Waals surface area contributed by atoms with E-state index in [2.05, 4.69) is 27.3 Å². The molecule has 0 aliphatic carbocycles. The Labute approximate surface area is 167 Å². The highest BCUT2D eigenvalue weighted by Gasteiger charge is 2.29. The molecule has 0 amide bonds. The summed E-state index contributed by atoms with van der Waals surface area (Å²) in [7, 11) is 0. The summed E-state index contributed by atoms with van der Waals surface area (Å²) < 4.78 is 7.76. The smallest absolute Gasteiger partial charge is 0.173 e. The molecule has 1 aliphatic heterocycles. The third kappa shape index (κ3) is 3.84. The molecule has 0 bridgehead atoms. The Balaban J connectivity index is 1.55. The Morgan fingerprint density at radius 2 is 1.93 bits per heavy atom. The first-order chi connectivity index (χ1) is 13.1. The van der Waals surface area contributed by atoms with E-state index in [-0.39, 0.29) is 12.1 Å². The minimum absolute atomic E-state index is 0.0365. The van der Waals surface area contributed by atoms with Crippen LogP contribution in [0.4, 0.5) is 0 Å². The number of para-hydroxylation sites is 1. The lowest BCUT2D eigenvalue weighted by atomic mass is 10.1. The van der Waals surface area contributed by atoms with Gasteiger partial charge in [0.05, 0.1) is 34.5 Å². The molecule has 6 nitrogen and oxygen atoms in total. The predicted molar refractivity (Wildman–Crippen MR) is 104 cm³/mol. The highest BCUT2D eigenvalue weighted by atomic mass is 35.5. The van der Waals surface area contributed by atoms with Gasteiger partial charge in [-0.1, -0.05) is 47.5 Å². The summed E-state index contributed by atoms with van der Waals surface area (Å²) in [4.78, 5) is 2.32. The van der Waals surface area contributed by atoms with Gasteiger partial charge in [0.1, 0.15) is 0 Å². The van der Waals surface area contributed by atoms with Crippen molar-refractivity contribution in [1.29, 1.82) is 0 Å². The Morgan fingerprint density at radius 1 is 1.11 bits per heavy atom. The van der Waals surface area contributed by atoms with E-state index in [1.54, 1.807) is 10.7 Å². The first-order valence-electron chi connectivity index (χ1n) is 8.78. The Kier molecular flexibility index (Phi) is 5.41. The van der Waals surface area contributed by atoms with Crippen LogP contribution in [-0.4, -0.2) is 44.8 Å². The van der Waals surface area contributed by atoms with Gasteiger partial charge in [-0.25, -0.2) is 0 Å². The number of morpholine rings is 1. The summed E-state index contributed by atoms with van der Waals surface area (Å²) in [6.45, 7) is 4.27. The number of aromatic nitrogens is 4. The zero-order valence-corrected chi connectivity index (χ0v) is 16.3. The number of hydrogen-bond donors (Lipinski definition) is 0. The minimum atomic E-state index is -0.0722. The van der Waals surface area contributed by atoms with Crippen molar-refractivity contribution in [1.82, 2.24) is 25.1 Å². The van der Waals surface area contributed by atoms with Crippen LogP contribution in [0.15, 0.2) is 48.5 Å². The first kappa shape index (κ1) is 18.4. The molecule has 3 aromatic rings. The molecule has 1 fully saturated rings. The van der Waals surface area contributed by atoms with E-state index < -0.39 is 0 Å². The maximum absolute atomic E-state index is 6.17. The number of hydrogen-bond acceptors (Lipinski definition) is 5. The van der Waals surface area contributed by atoms with E-state index in [4.69, 9.17) is 27.9 Å². The van der Waals surface area contributed by atoms with Gasteiger partial charge < -0.3 is 4.74 Å². The van der Waals surface area contributed by atoms with Gasteiger partial charge in [0.15, 0.2) is 5.82 Å². The van der Waals surface area contributed by atoms with Crippen LogP contribution in [0.25, 0.3) is 5.69 Å². The quantitative estimate of drug-likeness (QED) is 0.655. The van der Waals surface area contributed by atoms with Crippen molar-refractivity contribution in [2.75, 3.05) is 19.7 Å². The fraction of sp³-hybridized carbons (Fsp3) is 0.316. The van der Waals surface area contributed by atoms with Gasteiger partial charge in [-0.3, -0.25) is 4.90 Å². The Morgan fingerprint density at radius 3 is 2.70 bits per heavy atom. The van der Waals surface area contributed by atoms with Crippen molar-refractivity contribution in [3.05, 3.63) is 70.0 Å². The summed E-state index contributed by atoms with van der Waals surface area (Å²) in [6.07, 6.45) is -0.0722. The van der Waals surface area contributed by atoms with Gasteiger partial charge in [0.2, 0.25) is 0 Å². The zero-order valence-electron chi connectivity index (χ0n) is 14.8. The molecule has 2 heterocycles. The van der Waals surface area contributed by atoms with Crippen LogP contribution < -0.4 is 0 Å². The van der Waals surface area contributed by atoms with Crippen molar-refractivity contribution in [3.63, 3.8) is 0 Å². The van der Waals surface area contributed by atoms with E-state index in [9.17, 15) is 0 Å². The SMILES string of the molecule is CC(c1nnnn1-c1ccccc1)N1CCOC(c2ccc(Cl)c(Cl)c2)C1. The summed E-state index contributed by atoms with van der Waals surface area (Å²) >= 11 is 12.2. The summed E-state index contributed by atoms with van der Waals surface area (Å²) in [6, 6.07) is 15.6. The van der Waals surface area contributed by atoms with Crippen LogP contribution in [0.1, 0.15) is 30.5 Å². The molecule has 2 unspecified atom stereocenters. The second-order valence-electron chi connectivity index (χ2n) is 6.49. The molecule has 8 heteroatoms. The molecule has 4 rings (SSSR count). The molecule has 0 N–H and O–H groups in total. The number of rotatable bonds is 4. The highest BCUT2D eigenvalue weighted by Crippen LogP contribution is 2.31. The van der Waals surface area contributed by atoms with Gasteiger partial charge >= 0.3 is 0 Å². The Bertz CT molecular complexity index is 917. The van der Waals surface area contributed by atoms with Crippen molar-refractivity contribution in [2.24, 2.45) is 0 Å². The van der Waals surface area contributed by atoms with Gasteiger partial charge in [-0.15, -0.1) is 5.10 Å². The molecule has 2 atom stereocenters. The van der Waals surface area contributed by atoms with Crippen LogP contribution >= 0.6 is 23.2 Å². The van der Waals surface area contributed by atoms with E-state index in [1.165, 1.54) is 0 Å². The third-order valence-corrected chi connectivity index (χ3v) is 5.57. The molecule has 1 saturated heterocycles. The minimum Gasteiger partial charge on any atom is -0.371 e. The lowest BCUT2D eigenvalue weighted by Gasteiger charge is -2.36. The average Bonchev–Trinajstić information content (AvgIpc) is 3.20. The molecular weight excluding hydrogens is 385 g/mol. The molecule has 1 aromatic heterocycles. The number of ether oxygens (including phenoxy) is 1. The van der Waals surface area contributed by atoms with Crippen molar-refractivity contribution >= 4 is 23.2 Å². The standard InChI is InChI=1S/C19H19Cl2N5O/c1-13(19-22-23-24-26(19)15-5-3-2-4-6-15)25-9-10-27-18(12-25)14-7-8-16(20)17(21)11-14/h2-8,11,13,18H,9-10,12H2,1H3. The monoisotopic (exact) mass is 403 g/mol. The molecule has 0 radical (unpaired) electrons. The zero-order chi connectivity index (χ0) is 18.8. The molecule has 0 saturated carbocycles. The van der Waals surface area contributed by atoms with Crippen molar-refractivity contribution in [2.45, 2.75) is 19.1 Å². The van der Waals surface area contributed by atoms with E-state index >= 15 is 0 Å². The van der Waals surface area contributed by atoms with Crippen LogP contribution in [0, 0.1) is 0 Å². The van der Waals surface area contributed by atoms with Crippen LogP contribution in [0.5, 0.6) is 0 Å². The maximum atomic E-state index is 6.17. The number of nitrogens with zero attached hydrogens (tertiary/aromatic N) is 5. The summed E-state index contributed by atoms with van der Waals surface area (Å²) in [5, 5.41) is 13.4.